The van der Waals surface area contributed by atoms with Gasteiger partial charge in [-0.2, -0.15) is 0 Å². The number of aryl methyl sites for hydroxylation is 1. The average Bonchev–Trinajstić information content (AvgIpc) is 2.88. The first-order valence-electron chi connectivity index (χ1n) is 7.85. The van der Waals surface area contributed by atoms with Crippen LogP contribution in [0.2, 0.25) is 0 Å². The number of anilines is 1. The molecule has 1 aliphatic rings. The van der Waals surface area contributed by atoms with Gasteiger partial charge in [0.1, 0.15) is 22.5 Å². The second-order valence-corrected chi connectivity index (χ2v) is 7.18. The summed E-state index contributed by atoms with van der Waals surface area (Å²) in [5.41, 5.74) is 6.81. The van der Waals surface area contributed by atoms with Gasteiger partial charge >= 0.3 is 0 Å². The Morgan fingerprint density at radius 2 is 2.30 bits per heavy atom. The fraction of sp³-hybridized carbons (Fsp3) is 0.562. The number of hydrogen-bond donors (Lipinski definition) is 1. The van der Waals surface area contributed by atoms with Crippen molar-refractivity contribution in [3.8, 4) is 0 Å². The van der Waals surface area contributed by atoms with Crippen molar-refractivity contribution in [3.63, 3.8) is 0 Å². The maximum Gasteiger partial charge on any atom is 0.242 e. The van der Waals surface area contributed by atoms with Crippen LogP contribution in [0.15, 0.2) is 5.38 Å². The van der Waals surface area contributed by atoms with Crippen LogP contribution in [-0.4, -0.2) is 41.7 Å². The van der Waals surface area contributed by atoms with Crippen LogP contribution >= 0.6 is 11.3 Å². The zero-order valence-electron chi connectivity index (χ0n) is 13.7. The lowest BCUT2D eigenvalue weighted by atomic mass is 10.0. The Balaban J connectivity index is 2.14. The minimum absolute atomic E-state index is 0.309. The smallest absolute Gasteiger partial charge is 0.242 e. The molecule has 1 aliphatic heterocycles. The summed E-state index contributed by atoms with van der Waals surface area (Å²) in [4.78, 5) is 24.0. The van der Waals surface area contributed by atoms with Gasteiger partial charge in [0.15, 0.2) is 0 Å². The number of ether oxygens (including phenoxy) is 1. The highest BCUT2D eigenvalue weighted by atomic mass is 32.1. The van der Waals surface area contributed by atoms with Gasteiger partial charge in [-0.25, -0.2) is 9.97 Å². The molecule has 6 nitrogen and oxygen atoms in total. The van der Waals surface area contributed by atoms with Crippen LogP contribution < -0.4 is 10.6 Å². The van der Waals surface area contributed by atoms with Crippen LogP contribution in [0.5, 0.6) is 0 Å². The molecule has 0 radical (unpaired) electrons. The highest BCUT2D eigenvalue weighted by Crippen LogP contribution is 2.34. The van der Waals surface area contributed by atoms with Gasteiger partial charge in [0.25, 0.3) is 0 Å². The molecule has 2 N–H and O–H groups in total. The Labute approximate surface area is 139 Å². The Hall–Kier alpha value is -1.73. The largest absolute Gasteiger partial charge is 0.377 e. The summed E-state index contributed by atoms with van der Waals surface area (Å²) in [5.74, 6) is 1.69. The topological polar surface area (TPSA) is 81.3 Å². The molecule has 124 valence electrons. The van der Waals surface area contributed by atoms with Gasteiger partial charge in [0, 0.05) is 6.54 Å². The van der Waals surface area contributed by atoms with Crippen LogP contribution in [0.4, 0.5) is 5.82 Å². The first-order valence-corrected chi connectivity index (χ1v) is 8.73. The van der Waals surface area contributed by atoms with Crippen LogP contribution in [0.3, 0.4) is 0 Å². The van der Waals surface area contributed by atoms with Crippen molar-refractivity contribution in [2.75, 3.05) is 24.7 Å². The van der Waals surface area contributed by atoms with Crippen molar-refractivity contribution in [2.24, 2.45) is 11.7 Å². The van der Waals surface area contributed by atoms with Crippen molar-refractivity contribution >= 4 is 33.3 Å². The molecule has 0 bridgehead atoms. The highest BCUT2D eigenvalue weighted by Gasteiger charge is 2.31. The third-order valence-corrected chi connectivity index (χ3v) is 4.88. The Morgan fingerprint density at radius 1 is 1.52 bits per heavy atom. The number of nitrogens with zero attached hydrogens (tertiary/aromatic N) is 3. The first-order chi connectivity index (χ1) is 11.0. The second kappa shape index (κ2) is 6.41. The number of morpholine rings is 1. The van der Waals surface area contributed by atoms with Gasteiger partial charge in [0.2, 0.25) is 5.91 Å². The third-order valence-electron chi connectivity index (χ3n) is 3.96. The molecule has 1 atom stereocenters. The van der Waals surface area contributed by atoms with E-state index >= 15 is 0 Å². The SMILES string of the molecule is Cc1nc(N2CCOCC2C(N)=O)c2c(CC(C)C)csc2n1. The molecule has 3 heterocycles. The maximum atomic E-state index is 11.8. The minimum atomic E-state index is -0.479. The molecule has 0 spiro atoms. The summed E-state index contributed by atoms with van der Waals surface area (Å²) >= 11 is 1.63. The van der Waals surface area contributed by atoms with Crippen LogP contribution in [-0.2, 0) is 16.0 Å². The molecule has 3 rings (SSSR count). The van der Waals surface area contributed by atoms with E-state index in [0.717, 1.165) is 22.5 Å². The first kappa shape index (κ1) is 16.1. The zero-order chi connectivity index (χ0) is 16.6. The van der Waals surface area contributed by atoms with Crippen LogP contribution in [0.25, 0.3) is 10.2 Å². The summed E-state index contributed by atoms with van der Waals surface area (Å²) in [6.07, 6.45) is 0.963. The number of rotatable bonds is 4. The van der Waals surface area contributed by atoms with Crippen molar-refractivity contribution in [1.82, 2.24) is 9.97 Å². The number of primary amides is 1. The molecule has 0 aromatic carbocycles. The lowest BCUT2D eigenvalue weighted by molar-refractivity contribution is -0.121. The quantitative estimate of drug-likeness (QED) is 0.923. The predicted molar refractivity (Wildman–Crippen MR) is 91.8 cm³/mol. The van der Waals surface area contributed by atoms with Crippen molar-refractivity contribution in [2.45, 2.75) is 33.2 Å². The normalized spacial score (nSPS) is 18.8. The molecule has 0 saturated carbocycles. The van der Waals surface area contributed by atoms with Crippen molar-refractivity contribution < 1.29 is 9.53 Å². The second-order valence-electron chi connectivity index (χ2n) is 6.32. The van der Waals surface area contributed by atoms with Crippen molar-refractivity contribution in [3.05, 3.63) is 16.8 Å². The van der Waals surface area contributed by atoms with E-state index in [1.165, 1.54) is 5.56 Å². The van der Waals surface area contributed by atoms with Gasteiger partial charge in [-0.15, -0.1) is 11.3 Å². The maximum absolute atomic E-state index is 11.8. The Kier molecular flexibility index (Phi) is 4.50. The molecule has 1 unspecified atom stereocenters. The number of thiophene rings is 1. The summed E-state index contributed by atoms with van der Waals surface area (Å²) in [6.45, 7) is 7.75. The molecule has 1 saturated heterocycles. The molecule has 2 aromatic rings. The lowest BCUT2D eigenvalue weighted by Crippen LogP contribution is -2.53. The van der Waals surface area contributed by atoms with E-state index in [9.17, 15) is 4.79 Å². The van der Waals surface area contributed by atoms with E-state index in [0.29, 0.717) is 31.5 Å². The van der Waals surface area contributed by atoms with Crippen LogP contribution in [0, 0.1) is 12.8 Å². The van der Waals surface area contributed by atoms with Crippen molar-refractivity contribution in [1.29, 1.82) is 0 Å². The monoisotopic (exact) mass is 334 g/mol. The molecular formula is C16H22N4O2S. The van der Waals surface area contributed by atoms with Gasteiger partial charge in [0.05, 0.1) is 18.6 Å². The fourth-order valence-electron chi connectivity index (χ4n) is 2.98. The Bertz CT molecular complexity index is 728. The molecule has 7 heteroatoms. The number of fused-ring (bicyclic) bond motifs is 1. The van der Waals surface area contributed by atoms with E-state index in [4.69, 9.17) is 10.5 Å². The molecule has 0 aliphatic carbocycles. The van der Waals surface area contributed by atoms with E-state index in [1.54, 1.807) is 11.3 Å². The number of carbonyl (C=O) groups is 1. The molecule has 2 aromatic heterocycles. The Morgan fingerprint density at radius 3 is 3.00 bits per heavy atom. The average molecular weight is 334 g/mol. The summed E-state index contributed by atoms with van der Waals surface area (Å²) in [6, 6.07) is -0.479. The third kappa shape index (κ3) is 3.16. The van der Waals surface area contributed by atoms with Gasteiger partial charge < -0.3 is 15.4 Å². The highest BCUT2D eigenvalue weighted by molar-refractivity contribution is 7.17. The number of amides is 1. The zero-order valence-corrected chi connectivity index (χ0v) is 14.5. The summed E-state index contributed by atoms with van der Waals surface area (Å²) in [5, 5.41) is 3.21. The summed E-state index contributed by atoms with van der Waals surface area (Å²) in [7, 11) is 0. The molecule has 1 fully saturated rings. The standard InChI is InChI=1S/C16H22N4O2S/c1-9(2)6-11-8-23-16-13(11)15(18-10(3)19-16)20-4-5-22-7-12(20)14(17)21/h8-9,12H,4-7H2,1-3H3,(H2,17,21). The van der Waals surface area contributed by atoms with Gasteiger partial charge in [-0.05, 0) is 30.2 Å². The number of nitrogens with two attached hydrogens (primary N) is 1. The van der Waals surface area contributed by atoms with E-state index in [1.807, 2.05) is 11.8 Å². The van der Waals surface area contributed by atoms with Crippen LogP contribution in [0.1, 0.15) is 25.2 Å². The molecule has 23 heavy (non-hydrogen) atoms. The summed E-state index contributed by atoms with van der Waals surface area (Å²) < 4.78 is 5.43. The van der Waals surface area contributed by atoms with E-state index in [2.05, 4.69) is 29.2 Å². The van der Waals surface area contributed by atoms with Gasteiger partial charge in [-0.3, -0.25) is 4.79 Å². The van der Waals surface area contributed by atoms with E-state index in [-0.39, 0.29) is 5.91 Å². The lowest BCUT2D eigenvalue weighted by Gasteiger charge is -2.35. The minimum Gasteiger partial charge on any atom is -0.377 e. The number of carbonyl (C=O) groups excluding carboxylic acids is 1. The molecule has 1 amide bonds. The predicted octanol–water partition coefficient (Wildman–Crippen LogP) is 1.89. The van der Waals surface area contributed by atoms with E-state index < -0.39 is 6.04 Å². The molecular weight excluding hydrogens is 312 g/mol. The van der Waals surface area contributed by atoms with Gasteiger partial charge in [-0.1, -0.05) is 13.8 Å². The fourth-order valence-corrected chi connectivity index (χ4v) is 3.97. The number of hydrogen-bond acceptors (Lipinski definition) is 6. The number of aromatic nitrogens is 2.